The van der Waals surface area contributed by atoms with Crippen LogP contribution < -0.4 is 10.6 Å². The lowest BCUT2D eigenvalue weighted by molar-refractivity contribution is -0.125. The molecule has 1 rings (SSSR count). The van der Waals surface area contributed by atoms with Gasteiger partial charge in [-0.15, -0.1) is 0 Å². The molecule has 15 heavy (non-hydrogen) atoms. The lowest BCUT2D eigenvalue weighted by atomic mass is 10.1. The molecule has 1 atom stereocenters. The standard InChI is InChI=1S/C11H23N3O/c1-12-7-5-9-14(2)10-6-3-4-8-13-11(10)15/h10,12H,3-9H2,1-2H3,(H,13,15). The summed E-state index contributed by atoms with van der Waals surface area (Å²) in [5, 5.41) is 6.09. The normalized spacial score (nSPS) is 22.6. The maximum absolute atomic E-state index is 11.7. The van der Waals surface area contributed by atoms with Gasteiger partial charge in [-0.25, -0.2) is 0 Å². The minimum Gasteiger partial charge on any atom is -0.355 e. The van der Waals surface area contributed by atoms with Crippen molar-refractivity contribution in [2.24, 2.45) is 0 Å². The van der Waals surface area contributed by atoms with Crippen molar-refractivity contribution in [2.45, 2.75) is 31.7 Å². The molecule has 4 nitrogen and oxygen atoms in total. The van der Waals surface area contributed by atoms with Gasteiger partial charge in [-0.05, 0) is 52.9 Å². The van der Waals surface area contributed by atoms with Gasteiger partial charge in [0.05, 0.1) is 6.04 Å². The number of amides is 1. The molecular formula is C11H23N3O. The van der Waals surface area contributed by atoms with E-state index in [0.717, 1.165) is 45.3 Å². The summed E-state index contributed by atoms with van der Waals surface area (Å²) >= 11 is 0. The Morgan fingerprint density at radius 2 is 2.33 bits per heavy atom. The molecule has 88 valence electrons. The second kappa shape index (κ2) is 6.80. The van der Waals surface area contributed by atoms with Crippen molar-refractivity contribution in [1.29, 1.82) is 0 Å². The van der Waals surface area contributed by atoms with Crippen molar-refractivity contribution in [2.75, 3.05) is 33.7 Å². The summed E-state index contributed by atoms with van der Waals surface area (Å²) in [6.45, 7) is 2.84. The van der Waals surface area contributed by atoms with Crippen molar-refractivity contribution < 1.29 is 4.79 Å². The third-order valence-corrected chi connectivity index (χ3v) is 2.98. The van der Waals surface area contributed by atoms with Gasteiger partial charge in [-0.3, -0.25) is 9.69 Å². The van der Waals surface area contributed by atoms with Crippen molar-refractivity contribution >= 4 is 5.91 Å². The largest absolute Gasteiger partial charge is 0.355 e. The summed E-state index contributed by atoms with van der Waals surface area (Å²) in [4.78, 5) is 13.9. The highest BCUT2D eigenvalue weighted by Gasteiger charge is 2.23. The number of nitrogens with one attached hydrogen (secondary N) is 2. The van der Waals surface area contributed by atoms with E-state index >= 15 is 0 Å². The fourth-order valence-electron chi connectivity index (χ4n) is 2.00. The number of carbonyl (C=O) groups is 1. The Hall–Kier alpha value is -0.610. The molecule has 0 bridgehead atoms. The van der Waals surface area contributed by atoms with Gasteiger partial charge in [0.1, 0.15) is 0 Å². The Kier molecular flexibility index (Phi) is 5.65. The molecule has 1 saturated heterocycles. The smallest absolute Gasteiger partial charge is 0.237 e. The molecule has 0 aromatic heterocycles. The first-order valence-electron chi connectivity index (χ1n) is 5.88. The minimum atomic E-state index is 0.0874. The Bertz CT molecular complexity index is 196. The molecule has 0 aromatic rings. The number of hydrogen-bond donors (Lipinski definition) is 2. The van der Waals surface area contributed by atoms with Gasteiger partial charge in [0.25, 0.3) is 0 Å². The van der Waals surface area contributed by atoms with E-state index in [1.54, 1.807) is 0 Å². The third-order valence-electron chi connectivity index (χ3n) is 2.98. The summed E-state index contributed by atoms with van der Waals surface area (Å²) < 4.78 is 0. The number of rotatable bonds is 5. The molecule has 0 spiro atoms. The zero-order chi connectivity index (χ0) is 11.1. The van der Waals surface area contributed by atoms with E-state index in [-0.39, 0.29) is 11.9 Å². The summed E-state index contributed by atoms with van der Waals surface area (Å²) in [6, 6.07) is 0.0874. The fourth-order valence-corrected chi connectivity index (χ4v) is 2.00. The second-order valence-corrected chi connectivity index (χ2v) is 4.24. The first kappa shape index (κ1) is 12.5. The highest BCUT2D eigenvalue weighted by Crippen LogP contribution is 2.10. The Morgan fingerprint density at radius 1 is 1.53 bits per heavy atom. The van der Waals surface area contributed by atoms with Crippen LogP contribution in [0.3, 0.4) is 0 Å². The van der Waals surface area contributed by atoms with Gasteiger partial charge in [-0.2, -0.15) is 0 Å². The minimum absolute atomic E-state index is 0.0874. The van der Waals surface area contributed by atoms with E-state index in [1.807, 2.05) is 14.1 Å². The molecule has 0 aliphatic carbocycles. The van der Waals surface area contributed by atoms with Crippen molar-refractivity contribution in [1.82, 2.24) is 15.5 Å². The Morgan fingerprint density at radius 3 is 3.07 bits per heavy atom. The number of hydrogen-bond acceptors (Lipinski definition) is 3. The average Bonchev–Trinajstić information content (AvgIpc) is 2.43. The quantitative estimate of drug-likeness (QED) is 0.641. The van der Waals surface area contributed by atoms with Crippen molar-refractivity contribution in [3.05, 3.63) is 0 Å². The van der Waals surface area contributed by atoms with Crippen LogP contribution in [0.1, 0.15) is 25.7 Å². The molecule has 4 heteroatoms. The van der Waals surface area contributed by atoms with Crippen LogP contribution in [0.15, 0.2) is 0 Å². The second-order valence-electron chi connectivity index (χ2n) is 4.24. The number of nitrogens with zero attached hydrogens (tertiary/aromatic N) is 1. The van der Waals surface area contributed by atoms with Crippen LogP contribution in [0.25, 0.3) is 0 Å². The molecule has 1 amide bonds. The van der Waals surface area contributed by atoms with Crippen LogP contribution in [-0.4, -0.2) is 50.6 Å². The van der Waals surface area contributed by atoms with Crippen LogP contribution in [0.2, 0.25) is 0 Å². The predicted molar refractivity (Wildman–Crippen MR) is 61.8 cm³/mol. The monoisotopic (exact) mass is 213 g/mol. The molecule has 1 unspecified atom stereocenters. The van der Waals surface area contributed by atoms with E-state index in [9.17, 15) is 4.79 Å². The molecule has 1 fully saturated rings. The van der Waals surface area contributed by atoms with Crippen molar-refractivity contribution in [3.63, 3.8) is 0 Å². The third kappa shape index (κ3) is 4.18. The summed E-state index contributed by atoms with van der Waals surface area (Å²) in [5.74, 6) is 0.208. The zero-order valence-electron chi connectivity index (χ0n) is 9.88. The Balaban J connectivity index is 2.34. The van der Waals surface area contributed by atoms with Gasteiger partial charge < -0.3 is 10.6 Å². The van der Waals surface area contributed by atoms with Gasteiger partial charge in [0.15, 0.2) is 0 Å². The summed E-state index contributed by atoms with van der Waals surface area (Å²) in [7, 11) is 4.00. The molecule has 0 radical (unpaired) electrons. The van der Waals surface area contributed by atoms with Gasteiger partial charge in [-0.1, -0.05) is 0 Å². The molecule has 2 N–H and O–H groups in total. The highest BCUT2D eigenvalue weighted by atomic mass is 16.2. The van der Waals surface area contributed by atoms with Crippen LogP contribution >= 0.6 is 0 Å². The summed E-state index contributed by atoms with van der Waals surface area (Å²) in [6.07, 6.45) is 4.37. The van der Waals surface area contributed by atoms with Crippen LogP contribution in [0.4, 0.5) is 0 Å². The van der Waals surface area contributed by atoms with Gasteiger partial charge in [0.2, 0.25) is 5.91 Å². The van der Waals surface area contributed by atoms with Crippen LogP contribution in [0, 0.1) is 0 Å². The zero-order valence-corrected chi connectivity index (χ0v) is 9.88. The van der Waals surface area contributed by atoms with Gasteiger partial charge in [0, 0.05) is 6.54 Å². The van der Waals surface area contributed by atoms with E-state index in [4.69, 9.17) is 0 Å². The lowest BCUT2D eigenvalue weighted by Crippen LogP contribution is -2.44. The number of likely N-dealkylation sites (N-methyl/N-ethyl adjacent to an activating group) is 1. The lowest BCUT2D eigenvalue weighted by Gasteiger charge is -2.25. The van der Waals surface area contributed by atoms with Crippen LogP contribution in [0.5, 0.6) is 0 Å². The van der Waals surface area contributed by atoms with Crippen molar-refractivity contribution in [3.8, 4) is 0 Å². The van der Waals surface area contributed by atoms with E-state index in [2.05, 4.69) is 15.5 Å². The van der Waals surface area contributed by atoms with Crippen LogP contribution in [-0.2, 0) is 4.79 Å². The van der Waals surface area contributed by atoms with Gasteiger partial charge >= 0.3 is 0 Å². The SMILES string of the molecule is CNCCCN(C)C1CCCCNC1=O. The van der Waals surface area contributed by atoms with E-state index in [1.165, 1.54) is 0 Å². The first-order valence-corrected chi connectivity index (χ1v) is 5.88. The molecular weight excluding hydrogens is 190 g/mol. The highest BCUT2D eigenvalue weighted by molar-refractivity contribution is 5.81. The molecule has 1 heterocycles. The molecule has 0 aromatic carbocycles. The predicted octanol–water partition coefficient (Wildman–Crippen LogP) is 0.196. The Labute approximate surface area is 92.4 Å². The van der Waals surface area contributed by atoms with E-state index < -0.39 is 0 Å². The first-order chi connectivity index (χ1) is 7.25. The maximum Gasteiger partial charge on any atom is 0.237 e. The fraction of sp³-hybridized carbons (Fsp3) is 0.909. The molecule has 1 aliphatic rings. The summed E-state index contributed by atoms with van der Waals surface area (Å²) in [5.41, 5.74) is 0. The average molecular weight is 213 g/mol. The maximum atomic E-state index is 11.7. The number of carbonyl (C=O) groups excluding carboxylic acids is 1. The topological polar surface area (TPSA) is 44.4 Å². The van der Waals surface area contributed by atoms with E-state index in [0.29, 0.717) is 0 Å². The molecule has 1 aliphatic heterocycles. The molecule has 0 saturated carbocycles.